The number of hydrogen-bond donors (Lipinski definition) is 4. The lowest BCUT2D eigenvalue weighted by molar-refractivity contribution is -0.268. The van der Waals surface area contributed by atoms with Crippen molar-refractivity contribution in [2.45, 2.75) is 50.1 Å². The van der Waals surface area contributed by atoms with Gasteiger partial charge in [0.05, 0.1) is 6.10 Å². The summed E-state index contributed by atoms with van der Waals surface area (Å²) < 4.78 is 5.03. The molecule has 8 nitrogen and oxygen atoms in total. The number of aliphatic hydroxyl groups is 2. The second kappa shape index (κ2) is 6.49. The highest BCUT2D eigenvalue weighted by Crippen LogP contribution is 2.29. The zero-order chi connectivity index (χ0) is 14.0. The van der Waals surface area contributed by atoms with Crippen molar-refractivity contribution in [3.63, 3.8) is 0 Å². The van der Waals surface area contributed by atoms with Crippen LogP contribution in [0.4, 0.5) is 0 Å². The minimum Gasteiger partial charge on any atom is -0.477 e. The fourth-order valence-corrected chi connectivity index (χ4v) is 2.59. The van der Waals surface area contributed by atoms with Crippen LogP contribution < -0.4 is 6.15 Å². The van der Waals surface area contributed by atoms with Gasteiger partial charge in [-0.3, -0.25) is 4.79 Å². The van der Waals surface area contributed by atoms with Crippen molar-refractivity contribution in [3.05, 3.63) is 0 Å². The average molecular weight is 291 g/mol. The van der Waals surface area contributed by atoms with E-state index in [4.69, 9.17) is 9.84 Å². The first-order chi connectivity index (χ1) is 8.92. The van der Waals surface area contributed by atoms with E-state index < -0.39 is 30.4 Å². The maximum atomic E-state index is 12.2. The van der Waals surface area contributed by atoms with E-state index in [-0.39, 0.29) is 18.5 Å². The fourth-order valence-electron chi connectivity index (χ4n) is 2.59. The Morgan fingerprint density at radius 2 is 1.80 bits per heavy atom. The van der Waals surface area contributed by atoms with E-state index in [2.05, 4.69) is 0 Å². The maximum absolute atomic E-state index is 12.2. The first kappa shape index (κ1) is 16.8. The average Bonchev–Trinajstić information content (AvgIpc) is 2.37. The SMILES string of the molecule is O=C(C1CC(O)CC(O)(C(=O)O)O1)N1CCCCC1.[NH4+]. The molecule has 0 aromatic heterocycles. The van der Waals surface area contributed by atoms with Crippen LogP contribution in [-0.2, 0) is 14.3 Å². The van der Waals surface area contributed by atoms with E-state index in [9.17, 15) is 19.8 Å². The molecule has 8 heteroatoms. The van der Waals surface area contributed by atoms with Crippen molar-refractivity contribution in [1.29, 1.82) is 0 Å². The van der Waals surface area contributed by atoms with Crippen LogP contribution in [0.15, 0.2) is 0 Å². The van der Waals surface area contributed by atoms with Gasteiger partial charge in [0.25, 0.3) is 11.7 Å². The first-order valence-corrected chi connectivity index (χ1v) is 6.53. The van der Waals surface area contributed by atoms with Gasteiger partial charge in [0.15, 0.2) is 0 Å². The molecule has 0 saturated carbocycles. The van der Waals surface area contributed by atoms with E-state index in [0.717, 1.165) is 19.3 Å². The first-order valence-electron chi connectivity index (χ1n) is 6.53. The molecule has 116 valence electrons. The van der Waals surface area contributed by atoms with E-state index >= 15 is 0 Å². The smallest absolute Gasteiger partial charge is 0.364 e. The number of aliphatic carboxylic acids is 1. The second-order valence-electron chi connectivity index (χ2n) is 5.18. The number of carbonyl (C=O) groups excluding carboxylic acids is 1. The lowest BCUT2D eigenvalue weighted by atomic mass is 9.97. The summed E-state index contributed by atoms with van der Waals surface area (Å²) >= 11 is 0. The number of carboxylic acids is 1. The molecule has 0 aromatic carbocycles. The van der Waals surface area contributed by atoms with Crippen LogP contribution >= 0.6 is 0 Å². The number of carbonyl (C=O) groups is 2. The normalized spacial score (nSPS) is 34.2. The Morgan fingerprint density at radius 1 is 1.20 bits per heavy atom. The van der Waals surface area contributed by atoms with Crippen LogP contribution in [0.5, 0.6) is 0 Å². The molecule has 0 bridgehead atoms. The topological polar surface area (TPSA) is 144 Å². The Morgan fingerprint density at radius 3 is 2.35 bits per heavy atom. The Hall–Kier alpha value is -1.22. The lowest BCUT2D eigenvalue weighted by Gasteiger charge is -2.38. The molecule has 0 aromatic rings. The van der Waals surface area contributed by atoms with Crippen molar-refractivity contribution in [3.8, 4) is 0 Å². The van der Waals surface area contributed by atoms with E-state index in [1.807, 2.05) is 0 Å². The molecule has 2 aliphatic rings. The van der Waals surface area contributed by atoms with Gasteiger partial charge in [0.2, 0.25) is 0 Å². The predicted octanol–water partition coefficient (Wildman–Crippen LogP) is -0.312. The summed E-state index contributed by atoms with van der Waals surface area (Å²) in [6, 6.07) is 0. The Kier molecular flexibility index (Phi) is 5.46. The van der Waals surface area contributed by atoms with E-state index in [1.165, 1.54) is 0 Å². The zero-order valence-electron chi connectivity index (χ0n) is 11.6. The number of quaternary nitrogens is 1. The molecule has 2 rings (SSSR count). The number of ether oxygens (including phenoxy) is 1. The van der Waals surface area contributed by atoms with E-state index in [1.54, 1.807) is 4.90 Å². The van der Waals surface area contributed by atoms with Gasteiger partial charge in [0.1, 0.15) is 6.10 Å². The number of carboxylic acid groups (broad SMARTS) is 1. The van der Waals surface area contributed by atoms with Gasteiger partial charge >= 0.3 is 5.97 Å². The summed E-state index contributed by atoms with van der Waals surface area (Å²) in [6.07, 6.45) is 0.319. The van der Waals surface area contributed by atoms with Crippen LogP contribution in [0, 0.1) is 0 Å². The molecule has 3 unspecified atom stereocenters. The summed E-state index contributed by atoms with van der Waals surface area (Å²) in [4.78, 5) is 24.8. The van der Waals surface area contributed by atoms with Gasteiger partial charge in [0, 0.05) is 25.9 Å². The molecule has 3 atom stereocenters. The minimum atomic E-state index is -2.48. The third-order valence-corrected chi connectivity index (χ3v) is 3.61. The van der Waals surface area contributed by atoms with E-state index in [0.29, 0.717) is 13.1 Å². The standard InChI is InChI=1S/C12H19NO6.H3N/c14-8-6-9(19-12(18,7-8)11(16)17)10(15)13-4-2-1-3-5-13;/h8-9,14,18H,1-7H2,(H,16,17);1H3/p+1. The maximum Gasteiger partial charge on any atom is 0.364 e. The monoisotopic (exact) mass is 291 g/mol. The van der Waals surface area contributed by atoms with Crippen LogP contribution in [0.1, 0.15) is 32.1 Å². The molecule has 0 spiro atoms. The molecule has 0 radical (unpaired) electrons. The quantitative estimate of drug-likeness (QED) is 0.549. The lowest BCUT2D eigenvalue weighted by Crippen LogP contribution is -2.56. The fraction of sp³-hybridized carbons (Fsp3) is 0.833. The summed E-state index contributed by atoms with van der Waals surface area (Å²) in [5, 5.41) is 28.3. The van der Waals surface area contributed by atoms with Crippen LogP contribution in [0.3, 0.4) is 0 Å². The van der Waals surface area contributed by atoms with Gasteiger partial charge in [-0.25, -0.2) is 4.79 Å². The summed E-state index contributed by atoms with van der Waals surface area (Å²) in [5.74, 6) is -4.41. The number of likely N-dealkylation sites (tertiary alicyclic amines) is 1. The third-order valence-electron chi connectivity index (χ3n) is 3.61. The molecule has 2 heterocycles. The number of rotatable bonds is 2. The Labute approximate surface area is 116 Å². The van der Waals surface area contributed by atoms with Crippen LogP contribution in [-0.4, -0.2) is 63.2 Å². The summed E-state index contributed by atoms with van der Waals surface area (Å²) in [6.45, 7) is 1.22. The van der Waals surface area contributed by atoms with Crippen molar-refractivity contribution >= 4 is 11.9 Å². The van der Waals surface area contributed by atoms with Gasteiger partial charge < -0.3 is 31.1 Å². The number of aliphatic hydroxyl groups excluding tert-OH is 1. The molecule has 2 aliphatic heterocycles. The number of hydrogen-bond acceptors (Lipinski definition) is 5. The Balaban J connectivity index is 0.00000200. The molecule has 20 heavy (non-hydrogen) atoms. The molecule has 0 aliphatic carbocycles. The molecular formula is C12H23N2O6+. The summed E-state index contributed by atoms with van der Waals surface area (Å²) in [7, 11) is 0. The highest BCUT2D eigenvalue weighted by atomic mass is 16.7. The third kappa shape index (κ3) is 3.45. The Bertz CT molecular complexity index is 371. The minimum absolute atomic E-state index is 0. The van der Waals surface area contributed by atoms with Crippen molar-refractivity contribution in [2.24, 2.45) is 0 Å². The molecule has 2 saturated heterocycles. The van der Waals surface area contributed by atoms with Crippen LogP contribution in [0.25, 0.3) is 0 Å². The molecule has 2 fully saturated rings. The van der Waals surface area contributed by atoms with Gasteiger partial charge in [-0.05, 0) is 19.3 Å². The highest BCUT2D eigenvalue weighted by molar-refractivity contribution is 5.82. The van der Waals surface area contributed by atoms with Crippen molar-refractivity contribution < 1.29 is 29.6 Å². The number of nitrogens with zero attached hydrogens (tertiary/aromatic N) is 1. The van der Waals surface area contributed by atoms with Gasteiger partial charge in [-0.15, -0.1) is 0 Å². The van der Waals surface area contributed by atoms with Crippen LogP contribution in [0.2, 0.25) is 0 Å². The van der Waals surface area contributed by atoms with Gasteiger partial charge in [-0.2, -0.15) is 0 Å². The largest absolute Gasteiger partial charge is 0.477 e. The van der Waals surface area contributed by atoms with Crippen molar-refractivity contribution in [2.75, 3.05) is 13.1 Å². The molecule has 7 N–H and O–H groups in total. The van der Waals surface area contributed by atoms with Crippen molar-refractivity contribution in [1.82, 2.24) is 11.1 Å². The predicted molar refractivity (Wildman–Crippen MR) is 69.1 cm³/mol. The highest BCUT2D eigenvalue weighted by Gasteiger charge is 2.48. The summed E-state index contributed by atoms with van der Waals surface area (Å²) in [5.41, 5.74) is 0. The second-order valence-corrected chi connectivity index (χ2v) is 5.18. The molecule has 1 amide bonds. The van der Waals surface area contributed by atoms with Gasteiger partial charge in [-0.1, -0.05) is 0 Å². The molecular weight excluding hydrogens is 268 g/mol. The zero-order valence-corrected chi connectivity index (χ0v) is 11.6. The number of amides is 1. The number of piperidine rings is 1.